The number of rotatable bonds is 3. The molecule has 0 amide bonds. The highest BCUT2D eigenvalue weighted by Crippen LogP contribution is 2.43. The summed E-state index contributed by atoms with van der Waals surface area (Å²) in [5.74, 6) is 0.363. The Morgan fingerprint density at radius 3 is 2.23 bits per heavy atom. The molecule has 1 nitrogen and oxygen atoms in total. The monoisotopic (exact) mass is 399 g/mol. The Morgan fingerprint density at radius 1 is 0.677 bits per heavy atom. The van der Waals surface area contributed by atoms with Crippen LogP contribution >= 0.6 is 0 Å². The zero-order valence-electron chi connectivity index (χ0n) is 17.5. The predicted molar refractivity (Wildman–Crippen MR) is 132 cm³/mol. The number of allylic oxidation sites excluding steroid dienone is 6. The average Bonchev–Trinajstić information content (AvgIpc) is 3.22. The normalized spacial score (nSPS) is 21.0. The molecule has 31 heavy (non-hydrogen) atoms. The van der Waals surface area contributed by atoms with Crippen molar-refractivity contribution >= 4 is 16.8 Å². The lowest BCUT2D eigenvalue weighted by Crippen LogP contribution is -2.18. The van der Waals surface area contributed by atoms with Crippen LogP contribution in [0.1, 0.15) is 35.4 Å². The lowest BCUT2D eigenvalue weighted by atomic mass is 9.85. The van der Waals surface area contributed by atoms with Gasteiger partial charge in [-0.25, -0.2) is 0 Å². The highest BCUT2D eigenvalue weighted by atomic mass is 15.0. The Bertz CT molecular complexity index is 1240. The second-order valence-electron chi connectivity index (χ2n) is 8.56. The Balaban J connectivity index is 1.32. The maximum atomic E-state index is 3.69. The van der Waals surface area contributed by atoms with Crippen molar-refractivity contribution in [3.8, 4) is 11.1 Å². The van der Waals surface area contributed by atoms with Crippen LogP contribution in [0, 0.1) is 0 Å². The van der Waals surface area contributed by atoms with Crippen molar-refractivity contribution in [2.45, 2.75) is 24.8 Å². The standard InChI is InChI=1S/C30H25N/c1-3-7-21(8-4-1)23-11-13-24(14-12-23)26-16-18-30-28(20-26)27-19-25(15-17-29(27)31-30)22-9-5-2-6-10-22/h2-3,5-20,28,30-31H,1,4H2. The Labute approximate surface area is 184 Å². The summed E-state index contributed by atoms with van der Waals surface area (Å²) in [7, 11) is 0. The van der Waals surface area contributed by atoms with Gasteiger partial charge in [-0.1, -0.05) is 97.1 Å². The lowest BCUT2D eigenvalue weighted by Gasteiger charge is -2.20. The summed E-state index contributed by atoms with van der Waals surface area (Å²) < 4.78 is 0. The van der Waals surface area contributed by atoms with Gasteiger partial charge < -0.3 is 5.32 Å². The second kappa shape index (κ2) is 7.59. The molecule has 1 N–H and O–H groups in total. The first-order chi connectivity index (χ1) is 15.3. The van der Waals surface area contributed by atoms with Crippen LogP contribution in [0.3, 0.4) is 0 Å². The maximum Gasteiger partial charge on any atom is 0.0552 e. The fraction of sp³-hybridized carbons (Fsp3) is 0.133. The summed E-state index contributed by atoms with van der Waals surface area (Å²) in [6.07, 6.45) is 16.2. The van der Waals surface area contributed by atoms with Crippen LogP contribution in [0.25, 0.3) is 22.3 Å². The molecule has 3 aliphatic rings. The van der Waals surface area contributed by atoms with Gasteiger partial charge in [0.1, 0.15) is 0 Å². The largest absolute Gasteiger partial charge is 0.378 e. The lowest BCUT2D eigenvalue weighted by molar-refractivity contribution is 0.808. The minimum Gasteiger partial charge on any atom is -0.378 e. The van der Waals surface area contributed by atoms with Gasteiger partial charge in [-0.05, 0) is 63.9 Å². The molecule has 150 valence electrons. The van der Waals surface area contributed by atoms with Crippen LogP contribution in [0.5, 0.6) is 0 Å². The van der Waals surface area contributed by atoms with E-state index in [2.05, 4.69) is 115 Å². The van der Waals surface area contributed by atoms with E-state index in [4.69, 9.17) is 0 Å². The van der Waals surface area contributed by atoms with Crippen molar-refractivity contribution in [2.24, 2.45) is 0 Å². The van der Waals surface area contributed by atoms with Gasteiger partial charge in [0.05, 0.1) is 6.04 Å². The summed E-state index contributed by atoms with van der Waals surface area (Å²) in [5, 5.41) is 3.69. The quantitative estimate of drug-likeness (QED) is 0.478. The van der Waals surface area contributed by atoms with E-state index in [-0.39, 0.29) is 0 Å². The SMILES string of the molecule is C1=CC(c2ccc(C3=CC4c5cc(-c6ccccc6)ccc5NC4C=C3)cc2)=CCC1. The third-order valence-corrected chi connectivity index (χ3v) is 6.62. The van der Waals surface area contributed by atoms with E-state index in [0.29, 0.717) is 12.0 Å². The molecule has 1 aliphatic heterocycles. The maximum absolute atomic E-state index is 3.69. The smallest absolute Gasteiger partial charge is 0.0552 e. The molecule has 0 aromatic heterocycles. The van der Waals surface area contributed by atoms with Gasteiger partial charge in [0.2, 0.25) is 0 Å². The first-order valence-corrected chi connectivity index (χ1v) is 11.2. The molecule has 6 rings (SSSR count). The highest BCUT2D eigenvalue weighted by molar-refractivity contribution is 5.82. The van der Waals surface area contributed by atoms with E-state index in [1.807, 2.05) is 0 Å². The molecule has 2 unspecified atom stereocenters. The number of benzene rings is 3. The summed E-state index contributed by atoms with van der Waals surface area (Å²) in [6.45, 7) is 0. The van der Waals surface area contributed by atoms with E-state index in [1.165, 1.54) is 44.7 Å². The molecule has 0 saturated carbocycles. The minimum absolute atomic E-state index is 0.335. The molecular formula is C30H25N. The van der Waals surface area contributed by atoms with Crippen molar-refractivity contribution in [3.05, 3.63) is 126 Å². The molecule has 1 heteroatoms. The molecule has 0 radical (unpaired) electrons. The predicted octanol–water partition coefficient (Wildman–Crippen LogP) is 7.62. The van der Waals surface area contributed by atoms with Crippen LogP contribution in [0.15, 0.2) is 109 Å². The van der Waals surface area contributed by atoms with Gasteiger partial charge in [0.25, 0.3) is 0 Å². The molecular weight excluding hydrogens is 374 g/mol. The molecule has 1 heterocycles. The van der Waals surface area contributed by atoms with E-state index in [9.17, 15) is 0 Å². The van der Waals surface area contributed by atoms with Crippen molar-refractivity contribution in [2.75, 3.05) is 5.32 Å². The van der Waals surface area contributed by atoms with Crippen LogP contribution in [-0.2, 0) is 0 Å². The number of fused-ring (bicyclic) bond motifs is 3. The van der Waals surface area contributed by atoms with Gasteiger partial charge >= 0.3 is 0 Å². The molecule has 0 saturated heterocycles. The minimum atomic E-state index is 0.335. The summed E-state index contributed by atoms with van der Waals surface area (Å²) in [5.41, 5.74) is 10.4. The van der Waals surface area contributed by atoms with Gasteiger partial charge in [-0.2, -0.15) is 0 Å². The van der Waals surface area contributed by atoms with Crippen molar-refractivity contribution < 1.29 is 0 Å². The van der Waals surface area contributed by atoms with Crippen molar-refractivity contribution in [3.63, 3.8) is 0 Å². The highest BCUT2D eigenvalue weighted by Gasteiger charge is 2.31. The average molecular weight is 400 g/mol. The Kier molecular flexibility index (Phi) is 4.46. The van der Waals surface area contributed by atoms with Crippen LogP contribution in [0.2, 0.25) is 0 Å². The van der Waals surface area contributed by atoms with Crippen molar-refractivity contribution in [1.29, 1.82) is 0 Å². The Morgan fingerprint density at radius 2 is 1.45 bits per heavy atom. The molecule has 3 aromatic carbocycles. The molecule has 0 bridgehead atoms. The molecule has 3 aromatic rings. The summed E-state index contributed by atoms with van der Waals surface area (Å²) >= 11 is 0. The topological polar surface area (TPSA) is 12.0 Å². The van der Waals surface area contributed by atoms with Gasteiger partial charge in [-0.3, -0.25) is 0 Å². The number of nitrogens with one attached hydrogen (secondary N) is 1. The third kappa shape index (κ3) is 3.37. The van der Waals surface area contributed by atoms with Crippen molar-refractivity contribution in [1.82, 2.24) is 0 Å². The van der Waals surface area contributed by atoms with E-state index < -0.39 is 0 Å². The summed E-state index contributed by atoms with van der Waals surface area (Å²) in [4.78, 5) is 0. The van der Waals surface area contributed by atoms with Crippen LogP contribution in [-0.4, -0.2) is 6.04 Å². The second-order valence-corrected chi connectivity index (χ2v) is 8.56. The Hall–Kier alpha value is -3.58. The van der Waals surface area contributed by atoms with E-state index >= 15 is 0 Å². The molecule has 0 spiro atoms. The van der Waals surface area contributed by atoms with Crippen LogP contribution in [0.4, 0.5) is 5.69 Å². The fourth-order valence-electron chi connectivity index (χ4n) is 4.94. The van der Waals surface area contributed by atoms with Gasteiger partial charge in [0.15, 0.2) is 0 Å². The van der Waals surface area contributed by atoms with Gasteiger partial charge in [-0.15, -0.1) is 0 Å². The number of hydrogen-bond acceptors (Lipinski definition) is 1. The third-order valence-electron chi connectivity index (χ3n) is 6.62. The van der Waals surface area contributed by atoms with Crippen LogP contribution < -0.4 is 5.32 Å². The molecule has 0 fully saturated rings. The number of anilines is 1. The molecule has 2 atom stereocenters. The zero-order chi connectivity index (χ0) is 20.6. The first kappa shape index (κ1) is 18.2. The number of hydrogen-bond donors (Lipinski definition) is 1. The zero-order valence-corrected chi connectivity index (χ0v) is 17.5. The fourth-order valence-corrected chi connectivity index (χ4v) is 4.94. The van der Waals surface area contributed by atoms with E-state index in [1.54, 1.807) is 0 Å². The molecule has 2 aliphatic carbocycles. The summed E-state index contributed by atoms with van der Waals surface area (Å²) in [6, 6.07) is 26.8. The van der Waals surface area contributed by atoms with Gasteiger partial charge in [0, 0.05) is 11.6 Å². The first-order valence-electron chi connectivity index (χ1n) is 11.2. The van der Waals surface area contributed by atoms with E-state index in [0.717, 1.165) is 12.8 Å².